The number of nitrogens with zero attached hydrogens (tertiary/aromatic N) is 5. The normalized spacial score (nSPS) is 23.5. The molecule has 1 aliphatic carbocycles. The summed E-state index contributed by atoms with van der Waals surface area (Å²) in [7, 11) is 2.57. The Morgan fingerprint density at radius 2 is 1.53 bits per heavy atom. The lowest BCUT2D eigenvalue weighted by Gasteiger charge is -2.38. The number of hydrogen-bond acceptors (Lipinski definition) is 11. The number of fused-ring (bicyclic) bond motifs is 5. The van der Waals surface area contributed by atoms with Gasteiger partial charge in [-0.2, -0.15) is 0 Å². The molecule has 4 aromatic heterocycles. The summed E-state index contributed by atoms with van der Waals surface area (Å²) < 4.78 is 41.8. The van der Waals surface area contributed by atoms with Gasteiger partial charge >= 0.3 is 12.2 Å². The van der Waals surface area contributed by atoms with Crippen LogP contribution in [0.5, 0.6) is 5.75 Å². The van der Waals surface area contributed by atoms with Gasteiger partial charge in [0.1, 0.15) is 35.3 Å². The van der Waals surface area contributed by atoms with Gasteiger partial charge in [0.15, 0.2) is 0 Å². The third-order valence-corrected chi connectivity index (χ3v) is 16.6. The van der Waals surface area contributed by atoms with Gasteiger partial charge < -0.3 is 49.3 Å². The first-order valence-corrected chi connectivity index (χ1v) is 26.4. The van der Waals surface area contributed by atoms with Gasteiger partial charge in [0.2, 0.25) is 18.0 Å². The number of aromatic amines is 2. The van der Waals surface area contributed by atoms with E-state index >= 15 is 4.39 Å². The fourth-order valence-electron chi connectivity index (χ4n) is 11.7. The molecule has 4 fully saturated rings. The van der Waals surface area contributed by atoms with Gasteiger partial charge in [-0.25, -0.2) is 23.9 Å². The van der Waals surface area contributed by atoms with E-state index in [1.54, 1.807) is 28.6 Å². The summed E-state index contributed by atoms with van der Waals surface area (Å²) in [5.41, 5.74) is 4.58. The molecule has 0 radical (unpaired) electrons. The van der Waals surface area contributed by atoms with Crippen LogP contribution in [0.1, 0.15) is 125 Å². The lowest BCUT2D eigenvalue weighted by molar-refractivity contribution is -0.138. The minimum Gasteiger partial charge on any atom is -0.464 e. The molecule has 4 amide bonds. The molecule has 19 heteroatoms. The zero-order valence-corrected chi connectivity index (χ0v) is 42.7. The molecular weight excluding hydrogens is 954 g/mol. The molecule has 4 aliphatic heterocycles. The minimum absolute atomic E-state index is 0.0494. The molecule has 2 unspecified atom stereocenters. The van der Waals surface area contributed by atoms with Gasteiger partial charge in [0.25, 0.3) is 0 Å². The molecular formula is C54H62FN9O8S. The summed E-state index contributed by atoms with van der Waals surface area (Å²) in [4.78, 5) is 75.5. The molecule has 1 saturated carbocycles. The predicted octanol–water partition coefficient (Wildman–Crippen LogP) is 9.74. The highest BCUT2D eigenvalue weighted by Crippen LogP contribution is 2.50. The zero-order chi connectivity index (χ0) is 50.8. The highest BCUT2D eigenvalue weighted by molar-refractivity contribution is 7.12. The summed E-state index contributed by atoms with van der Waals surface area (Å²) in [6, 6.07) is 13.6. The lowest BCUT2D eigenvalue weighted by Crippen LogP contribution is -2.54. The second-order valence-corrected chi connectivity index (χ2v) is 21.8. The van der Waals surface area contributed by atoms with Crippen LogP contribution >= 0.6 is 11.3 Å². The topological polar surface area (TPSA) is 198 Å². The van der Waals surface area contributed by atoms with Crippen molar-refractivity contribution in [3.63, 3.8) is 0 Å². The SMILES string of the molecule is COC(=O)N[C@H](C(=O)N1CCC[C@H]1c1nc(-c2cc(F)c3c(c2)OC(c2ccc(C4CC4)s2)n2c-3cc3cc(-c4cnc([C@@H]5CCCN5C(=O)[C@@H](NC(=O)OC)C5C[C@@H](C)O[C@@H](C)C5)[nH]4)ccc32)c[nH]1)C(C)C. The standard InChI is InChI=1S/C54H62FN9O8S/c1-27(2)46(60-53(67)69-5)50(65)62-17-7-9-39(62)49-57-26-37(59-49)32-22-35(55)45-41-23-33-21-31(13-14-38(33)64(41)52(72-42(45)24-32)44-16-15-43(73-44)30-11-12-30)36-25-56-48(58-36)40-10-8-18-63(40)51(66)47(61-54(68)70-6)34-19-28(3)71-29(4)20-34/h13-16,21-30,34,39-40,46-47,52H,7-12,17-20H2,1-6H3,(H,56,58)(H,57,59)(H,60,67)(H,61,68)/t28-,29+,34?,39-,40-,46-,47-,52?/m0/s1. The summed E-state index contributed by atoms with van der Waals surface area (Å²) in [5, 5.41) is 6.44. The summed E-state index contributed by atoms with van der Waals surface area (Å²) in [5.74, 6) is 1.06. The molecule has 11 rings (SSSR count). The van der Waals surface area contributed by atoms with Crippen LogP contribution in [0.2, 0.25) is 0 Å². The van der Waals surface area contributed by atoms with Crippen molar-refractivity contribution in [2.24, 2.45) is 11.8 Å². The van der Waals surface area contributed by atoms with Crippen LogP contribution in [0.4, 0.5) is 14.0 Å². The Kier molecular flexibility index (Phi) is 13.0. The number of H-pyrrole nitrogens is 2. The minimum atomic E-state index is -0.771. The van der Waals surface area contributed by atoms with Crippen LogP contribution in [-0.4, -0.2) is 110 Å². The number of halogens is 1. The number of ether oxygens (including phenoxy) is 4. The van der Waals surface area contributed by atoms with Crippen LogP contribution in [-0.2, 0) is 23.8 Å². The van der Waals surface area contributed by atoms with E-state index in [0.29, 0.717) is 84.6 Å². The first kappa shape index (κ1) is 48.5. The molecule has 3 saturated heterocycles. The molecule has 4 N–H and O–H groups in total. The molecule has 384 valence electrons. The van der Waals surface area contributed by atoms with Crippen molar-refractivity contribution in [3.8, 4) is 39.5 Å². The number of nitrogens with one attached hydrogen (secondary N) is 4. The molecule has 0 spiro atoms. The summed E-state index contributed by atoms with van der Waals surface area (Å²) >= 11 is 1.73. The predicted molar refractivity (Wildman–Crippen MR) is 271 cm³/mol. The van der Waals surface area contributed by atoms with Crippen LogP contribution in [0, 0.1) is 17.7 Å². The largest absolute Gasteiger partial charge is 0.464 e. The number of thiophene rings is 1. The van der Waals surface area contributed by atoms with Crippen LogP contribution in [0.3, 0.4) is 0 Å². The molecule has 0 bridgehead atoms. The van der Waals surface area contributed by atoms with Gasteiger partial charge in [-0.3, -0.25) is 14.2 Å². The van der Waals surface area contributed by atoms with Crippen molar-refractivity contribution in [3.05, 3.63) is 88.1 Å². The number of imidazole rings is 2. The number of methoxy groups -OCH3 is 2. The Morgan fingerprint density at radius 3 is 2.25 bits per heavy atom. The Labute approximate surface area is 426 Å². The van der Waals surface area contributed by atoms with Crippen LogP contribution < -0.4 is 15.4 Å². The quantitative estimate of drug-likeness (QED) is 0.0916. The van der Waals surface area contributed by atoms with E-state index in [-0.39, 0.29) is 47.9 Å². The van der Waals surface area contributed by atoms with Gasteiger partial charge in [-0.05, 0) is 125 Å². The van der Waals surface area contributed by atoms with E-state index in [4.69, 9.17) is 28.9 Å². The maximum atomic E-state index is 17.0. The third-order valence-electron chi connectivity index (χ3n) is 15.3. The van der Waals surface area contributed by atoms with E-state index in [1.807, 2.05) is 56.9 Å². The van der Waals surface area contributed by atoms with E-state index in [1.165, 1.54) is 25.2 Å². The molecule has 8 heterocycles. The van der Waals surface area contributed by atoms with E-state index in [0.717, 1.165) is 52.7 Å². The highest BCUT2D eigenvalue weighted by Gasteiger charge is 2.43. The second-order valence-electron chi connectivity index (χ2n) is 20.7. The van der Waals surface area contributed by atoms with Crippen molar-refractivity contribution in [1.29, 1.82) is 0 Å². The number of amides is 4. The van der Waals surface area contributed by atoms with Crippen molar-refractivity contribution in [1.82, 2.24) is 44.9 Å². The lowest BCUT2D eigenvalue weighted by atomic mass is 9.85. The first-order valence-electron chi connectivity index (χ1n) is 25.6. The number of alkyl carbamates (subject to hydrolysis) is 2. The zero-order valence-electron chi connectivity index (χ0n) is 41.9. The van der Waals surface area contributed by atoms with E-state index < -0.39 is 36.3 Å². The molecule has 6 aromatic rings. The number of likely N-dealkylation sites (tertiary alicyclic amines) is 2. The monoisotopic (exact) mass is 1020 g/mol. The van der Waals surface area contributed by atoms with Gasteiger partial charge in [0, 0.05) is 40.7 Å². The van der Waals surface area contributed by atoms with E-state index in [2.05, 4.69) is 43.4 Å². The summed E-state index contributed by atoms with van der Waals surface area (Å²) in [6.45, 7) is 8.78. The van der Waals surface area contributed by atoms with Crippen molar-refractivity contribution < 1.29 is 42.5 Å². The van der Waals surface area contributed by atoms with Crippen molar-refractivity contribution in [2.45, 2.75) is 128 Å². The molecule has 8 atom stereocenters. The Hall–Kier alpha value is -6.73. The number of rotatable bonds is 12. The van der Waals surface area contributed by atoms with Crippen molar-refractivity contribution >= 4 is 46.2 Å². The van der Waals surface area contributed by atoms with Crippen LogP contribution in [0.15, 0.2) is 60.9 Å². The smallest absolute Gasteiger partial charge is 0.407 e. The number of aromatic nitrogens is 5. The number of carbonyl (C=O) groups excluding carboxylic acids is 4. The molecule has 5 aliphatic rings. The first-order chi connectivity index (χ1) is 35.3. The van der Waals surface area contributed by atoms with Crippen molar-refractivity contribution in [2.75, 3.05) is 27.3 Å². The number of carbonyl (C=O) groups is 4. The highest BCUT2D eigenvalue weighted by atomic mass is 32.1. The van der Waals surface area contributed by atoms with E-state index in [9.17, 15) is 19.2 Å². The Morgan fingerprint density at radius 1 is 0.836 bits per heavy atom. The second kappa shape index (κ2) is 19.6. The number of benzene rings is 2. The molecule has 73 heavy (non-hydrogen) atoms. The summed E-state index contributed by atoms with van der Waals surface area (Å²) in [6.07, 6.45) is 8.09. The third kappa shape index (κ3) is 9.23. The average Bonchev–Trinajstić information content (AvgIpc) is 4.10. The molecule has 2 aromatic carbocycles. The number of hydrogen-bond donors (Lipinski definition) is 4. The Bertz CT molecular complexity index is 3080. The maximum Gasteiger partial charge on any atom is 0.407 e. The van der Waals surface area contributed by atoms with Gasteiger partial charge in [-0.15, -0.1) is 11.3 Å². The average molecular weight is 1020 g/mol. The van der Waals surface area contributed by atoms with Gasteiger partial charge in [-0.1, -0.05) is 19.9 Å². The van der Waals surface area contributed by atoms with Crippen LogP contribution in [0.25, 0.3) is 44.7 Å². The maximum absolute atomic E-state index is 17.0. The fraction of sp³-hybridized carbons (Fsp3) is 0.481. The Balaban J connectivity index is 0.893. The van der Waals surface area contributed by atoms with Gasteiger partial charge in [0.05, 0.1) is 77.7 Å². The molecule has 17 nitrogen and oxygen atoms in total. The fourth-order valence-corrected chi connectivity index (χ4v) is 12.9.